The Balaban J connectivity index is 1.37. The van der Waals surface area contributed by atoms with Crippen LogP contribution >= 0.6 is 0 Å². The van der Waals surface area contributed by atoms with Crippen LogP contribution in [0, 0.1) is 19.8 Å². The van der Waals surface area contributed by atoms with Gasteiger partial charge < -0.3 is 15.2 Å². The molecule has 1 aromatic heterocycles. The van der Waals surface area contributed by atoms with Gasteiger partial charge in [-0.3, -0.25) is 4.79 Å². The van der Waals surface area contributed by atoms with Gasteiger partial charge in [0.05, 0.1) is 11.0 Å². The van der Waals surface area contributed by atoms with Gasteiger partial charge in [0.2, 0.25) is 5.91 Å². The molecule has 5 heteroatoms. The highest BCUT2D eigenvalue weighted by Gasteiger charge is 2.17. The highest BCUT2D eigenvalue weighted by molar-refractivity contribution is 5.79. The number of hydrogen-bond acceptors (Lipinski definition) is 3. The van der Waals surface area contributed by atoms with E-state index in [-0.39, 0.29) is 5.91 Å². The number of fused-ring (bicyclic) bond motifs is 1. The molecular weight excluding hydrogens is 324 g/mol. The average Bonchev–Trinajstić information content (AvgIpc) is 3.04. The fraction of sp³-hybridized carbons (Fsp3) is 0.619. The molecule has 0 saturated carbocycles. The first-order valence-electron chi connectivity index (χ1n) is 9.93. The van der Waals surface area contributed by atoms with E-state index in [0.717, 1.165) is 49.2 Å². The molecular formula is C21H32N4O. The van der Waals surface area contributed by atoms with E-state index in [2.05, 4.69) is 48.2 Å². The molecule has 1 amide bonds. The fourth-order valence-electron chi connectivity index (χ4n) is 3.90. The normalized spacial score (nSPS) is 18.3. The molecule has 0 spiro atoms. The summed E-state index contributed by atoms with van der Waals surface area (Å²) < 4.78 is 0. The number of nitrogens with zero attached hydrogens (tertiary/aromatic N) is 2. The molecule has 0 aliphatic carbocycles. The van der Waals surface area contributed by atoms with Gasteiger partial charge in [0.25, 0.3) is 0 Å². The maximum Gasteiger partial charge on any atom is 0.220 e. The lowest BCUT2D eigenvalue weighted by Crippen LogP contribution is -2.33. The molecule has 1 fully saturated rings. The number of imidazole rings is 1. The fourth-order valence-corrected chi connectivity index (χ4v) is 3.90. The lowest BCUT2D eigenvalue weighted by Gasteiger charge is -2.29. The number of benzene rings is 1. The first-order chi connectivity index (χ1) is 12.5. The van der Waals surface area contributed by atoms with E-state index in [4.69, 9.17) is 4.98 Å². The van der Waals surface area contributed by atoms with E-state index in [1.807, 2.05) is 0 Å². The van der Waals surface area contributed by atoms with Crippen LogP contribution in [0.25, 0.3) is 11.0 Å². The minimum absolute atomic E-state index is 0.189. The Labute approximate surface area is 156 Å². The highest BCUT2D eigenvalue weighted by atomic mass is 16.1. The number of nitrogens with one attached hydrogen (secondary N) is 2. The van der Waals surface area contributed by atoms with Crippen molar-refractivity contribution in [3.8, 4) is 0 Å². The number of carbonyl (C=O) groups excluding carboxylic acids is 1. The zero-order valence-electron chi connectivity index (χ0n) is 16.4. The van der Waals surface area contributed by atoms with E-state index >= 15 is 0 Å². The number of likely N-dealkylation sites (tertiary alicyclic amines) is 1. The van der Waals surface area contributed by atoms with Crippen LogP contribution in [0.1, 0.15) is 49.1 Å². The number of rotatable bonds is 7. The van der Waals surface area contributed by atoms with Crippen molar-refractivity contribution < 1.29 is 4.79 Å². The summed E-state index contributed by atoms with van der Waals surface area (Å²) in [5.74, 6) is 1.88. The first-order valence-corrected chi connectivity index (χ1v) is 9.93. The molecule has 0 bridgehead atoms. The predicted molar refractivity (Wildman–Crippen MR) is 106 cm³/mol. The number of amides is 1. The Hall–Kier alpha value is -1.88. The molecule has 2 heterocycles. The van der Waals surface area contributed by atoms with Crippen molar-refractivity contribution in [2.75, 3.05) is 26.7 Å². The van der Waals surface area contributed by atoms with Gasteiger partial charge >= 0.3 is 0 Å². The maximum atomic E-state index is 12.1. The van der Waals surface area contributed by atoms with E-state index in [1.165, 1.54) is 30.5 Å². The summed E-state index contributed by atoms with van der Waals surface area (Å²) >= 11 is 0. The summed E-state index contributed by atoms with van der Waals surface area (Å²) in [5, 5.41) is 3.06. The number of piperidine rings is 1. The standard InChI is InChI=1S/C21H32N4O/c1-15-8-10-18-21(16(15)2)24-19(23-18)7-4-12-22-20(26)11-9-17-6-5-13-25(3)14-17/h8,10,17H,4-7,9,11-14H2,1-3H3,(H,22,26)(H,23,24)/t17-/m0/s1. The monoisotopic (exact) mass is 356 g/mol. The SMILES string of the molecule is Cc1ccc2[nH]c(CCCNC(=O)CC[C@@H]3CCCN(C)C3)nc2c1C. The molecule has 2 aromatic rings. The molecule has 0 radical (unpaired) electrons. The van der Waals surface area contributed by atoms with Gasteiger partial charge in [-0.15, -0.1) is 0 Å². The van der Waals surface area contributed by atoms with E-state index in [0.29, 0.717) is 12.3 Å². The van der Waals surface area contributed by atoms with E-state index < -0.39 is 0 Å². The van der Waals surface area contributed by atoms with Crippen molar-refractivity contribution in [1.29, 1.82) is 0 Å². The van der Waals surface area contributed by atoms with Crippen LogP contribution < -0.4 is 5.32 Å². The van der Waals surface area contributed by atoms with Crippen molar-refractivity contribution >= 4 is 16.9 Å². The van der Waals surface area contributed by atoms with Crippen LogP contribution in [-0.2, 0) is 11.2 Å². The summed E-state index contributed by atoms with van der Waals surface area (Å²) in [5.41, 5.74) is 4.68. The van der Waals surface area contributed by atoms with Gasteiger partial charge in [-0.2, -0.15) is 0 Å². The number of carbonyl (C=O) groups is 1. The van der Waals surface area contributed by atoms with Gasteiger partial charge in [0.15, 0.2) is 0 Å². The van der Waals surface area contributed by atoms with E-state index in [1.54, 1.807) is 0 Å². The minimum atomic E-state index is 0.189. The second-order valence-corrected chi connectivity index (χ2v) is 7.85. The molecule has 1 atom stereocenters. The van der Waals surface area contributed by atoms with Crippen LogP contribution in [0.2, 0.25) is 0 Å². The summed E-state index contributed by atoms with van der Waals surface area (Å²) in [6, 6.07) is 4.22. The average molecular weight is 357 g/mol. The number of aryl methyl sites for hydroxylation is 3. The largest absolute Gasteiger partial charge is 0.356 e. The lowest BCUT2D eigenvalue weighted by molar-refractivity contribution is -0.121. The van der Waals surface area contributed by atoms with Crippen LogP contribution in [0.15, 0.2) is 12.1 Å². The van der Waals surface area contributed by atoms with Gasteiger partial charge in [-0.05, 0) is 76.2 Å². The van der Waals surface area contributed by atoms with Gasteiger partial charge in [0.1, 0.15) is 5.82 Å². The van der Waals surface area contributed by atoms with Crippen LogP contribution in [0.3, 0.4) is 0 Å². The maximum absolute atomic E-state index is 12.1. The van der Waals surface area contributed by atoms with Crippen molar-refractivity contribution in [2.45, 2.75) is 52.4 Å². The van der Waals surface area contributed by atoms with E-state index in [9.17, 15) is 4.79 Å². The Morgan fingerprint density at radius 1 is 1.38 bits per heavy atom. The summed E-state index contributed by atoms with van der Waals surface area (Å²) in [6.07, 6.45) is 5.97. The highest BCUT2D eigenvalue weighted by Crippen LogP contribution is 2.20. The van der Waals surface area contributed by atoms with Crippen molar-refractivity contribution in [1.82, 2.24) is 20.2 Å². The third-order valence-electron chi connectivity index (χ3n) is 5.64. The summed E-state index contributed by atoms with van der Waals surface area (Å²) in [7, 11) is 2.17. The topological polar surface area (TPSA) is 61.0 Å². The molecule has 3 rings (SSSR count). The molecule has 5 nitrogen and oxygen atoms in total. The van der Waals surface area contributed by atoms with Crippen molar-refractivity contribution in [3.63, 3.8) is 0 Å². The molecule has 1 aromatic carbocycles. The lowest BCUT2D eigenvalue weighted by atomic mass is 9.93. The predicted octanol–water partition coefficient (Wildman–Crippen LogP) is 3.35. The molecule has 0 unspecified atom stereocenters. The third-order valence-corrected chi connectivity index (χ3v) is 5.64. The third kappa shape index (κ3) is 4.85. The van der Waals surface area contributed by atoms with Gasteiger partial charge in [-0.25, -0.2) is 4.98 Å². The van der Waals surface area contributed by atoms with Gasteiger partial charge in [0, 0.05) is 25.9 Å². The zero-order valence-corrected chi connectivity index (χ0v) is 16.4. The summed E-state index contributed by atoms with van der Waals surface area (Å²) in [4.78, 5) is 22.5. The number of aromatic nitrogens is 2. The number of aromatic amines is 1. The molecule has 1 saturated heterocycles. The van der Waals surface area contributed by atoms with Gasteiger partial charge in [-0.1, -0.05) is 6.07 Å². The van der Waals surface area contributed by atoms with Crippen molar-refractivity contribution in [2.24, 2.45) is 5.92 Å². The second-order valence-electron chi connectivity index (χ2n) is 7.85. The van der Waals surface area contributed by atoms with Crippen LogP contribution in [-0.4, -0.2) is 47.5 Å². The molecule has 142 valence electrons. The van der Waals surface area contributed by atoms with Crippen LogP contribution in [0.4, 0.5) is 0 Å². The summed E-state index contributed by atoms with van der Waals surface area (Å²) in [6.45, 7) is 7.29. The number of H-pyrrole nitrogens is 1. The van der Waals surface area contributed by atoms with Crippen molar-refractivity contribution in [3.05, 3.63) is 29.1 Å². The Bertz CT molecular complexity index is 752. The molecule has 1 aliphatic heterocycles. The smallest absolute Gasteiger partial charge is 0.220 e. The Morgan fingerprint density at radius 3 is 3.04 bits per heavy atom. The Kier molecular flexibility index (Phi) is 6.30. The minimum Gasteiger partial charge on any atom is -0.356 e. The zero-order chi connectivity index (χ0) is 18.5. The molecule has 26 heavy (non-hydrogen) atoms. The van der Waals surface area contributed by atoms with Crippen LogP contribution in [0.5, 0.6) is 0 Å². The quantitative estimate of drug-likeness (QED) is 0.748. The number of hydrogen-bond donors (Lipinski definition) is 2. The Morgan fingerprint density at radius 2 is 2.23 bits per heavy atom. The first kappa shape index (κ1) is 18.9. The molecule has 2 N–H and O–H groups in total. The molecule has 1 aliphatic rings. The second kappa shape index (κ2) is 8.67.